The molecular formula is C19H18N2O5. The number of hydrogen-bond donors (Lipinski definition) is 1. The van der Waals surface area contributed by atoms with Gasteiger partial charge in [0, 0.05) is 18.7 Å². The Kier molecular flexibility index (Phi) is 5.17. The molecule has 3 rings (SSSR count). The van der Waals surface area contributed by atoms with E-state index < -0.39 is 5.97 Å². The summed E-state index contributed by atoms with van der Waals surface area (Å²) in [5.74, 6) is -0.303. The number of methoxy groups -OCH3 is 1. The first-order valence-electron chi connectivity index (χ1n) is 8.09. The molecule has 7 heteroatoms. The molecule has 0 aromatic heterocycles. The average molecular weight is 354 g/mol. The van der Waals surface area contributed by atoms with Gasteiger partial charge in [0.2, 0.25) is 5.91 Å². The van der Waals surface area contributed by atoms with E-state index in [1.54, 1.807) is 41.3 Å². The van der Waals surface area contributed by atoms with Gasteiger partial charge in [0.1, 0.15) is 5.75 Å². The Morgan fingerprint density at radius 2 is 2.00 bits per heavy atom. The van der Waals surface area contributed by atoms with Crippen molar-refractivity contribution in [3.8, 4) is 5.75 Å². The number of esters is 1. The van der Waals surface area contributed by atoms with Gasteiger partial charge in [-0.05, 0) is 30.3 Å². The van der Waals surface area contributed by atoms with Gasteiger partial charge in [-0.1, -0.05) is 18.2 Å². The van der Waals surface area contributed by atoms with Crippen molar-refractivity contribution in [2.45, 2.75) is 6.42 Å². The third-order valence-electron chi connectivity index (χ3n) is 3.94. The number of amides is 2. The molecule has 0 saturated carbocycles. The first-order valence-corrected chi connectivity index (χ1v) is 8.09. The highest BCUT2D eigenvalue weighted by molar-refractivity contribution is 5.99. The third kappa shape index (κ3) is 3.83. The minimum Gasteiger partial charge on any atom is -0.482 e. The Labute approximate surface area is 150 Å². The minimum absolute atomic E-state index is 0.0419. The quantitative estimate of drug-likeness (QED) is 0.833. The van der Waals surface area contributed by atoms with Crippen molar-refractivity contribution in [1.29, 1.82) is 0 Å². The standard InChI is InChI=1S/C19H18N2O5/c1-25-19(24)13-5-4-6-14(11-13)20-17(22)9-10-21-15-7-2-3-8-16(15)26-12-18(21)23/h2-8,11H,9-10,12H2,1H3,(H,20,22). The van der Waals surface area contributed by atoms with Crippen LogP contribution >= 0.6 is 0 Å². The highest BCUT2D eigenvalue weighted by Crippen LogP contribution is 2.31. The molecule has 0 saturated heterocycles. The number of para-hydroxylation sites is 2. The highest BCUT2D eigenvalue weighted by atomic mass is 16.5. The molecule has 26 heavy (non-hydrogen) atoms. The van der Waals surface area contributed by atoms with Gasteiger partial charge in [0.25, 0.3) is 5.91 Å². The largest absolute Gasteiger partial charge is 0.482 e. The van der Waals surface area contributed by atoms with Crippen LogP contribution in [0.15, 0.2) is 48.5 Å². The average Bonchev–Trinajstić information content (AvgIpc) is 2.66. The number of anilines is 2. The van der Waals surface area contributed by atoms with E-state index in [0.29, 0.717) is 22.7 Å². The van der Waals surface area contributed by atoms with Crippen LogP contribution in [0.25, 0.3) is 0 Å². The number of ether oxygens (including phenoxy) is 2. The summed E-state index contributed by atoms with van der Waals surface area (Å²) in [6.45, 7) is 0.196. The van der Waals surface area contributed by atoms with Crippen LogP contribution in [0, 0.1) is 0 Å². The number of nitrogens with one attached hydrogen (secondary N) is 1. The number of carbonyl (C=O) groups excluding carboxylic acids is 3. The fourth-order valence-corrected chi connectivity index (χ4v) is 2.68. The van der Waals surface area contributed by atoms with Gasteiger partial charge in [-0.15, -0.1) is 0 Å². The van der Waals surface area contributed by atoms with Crippen LogP contribution in [0.1, 0.15) is 16.8 Å². The molecule has 0 radical (unpaired) electrons. The molecule has 1 aliphatic rings. The lowest BCUT2D eigenvalue weighted by Crippen LogP contribution is -2.40. The summed E-state index contributed by atoms with van der Waals surface area (Å²) in [5, 5.41) is 2.72. The monoisotopic (exact) mass is 354 g/mol. The van der Waals surface area contributed by atoms with Gasteiger partial charge in [-0.2, -0.15) is 0 Å². The lowest BCUT2D eigenvalue weighted by atomic mass is 10.2. The molecule has 0 fully saturated rings. The molecule has 1 aliphatic heterocycles. The number of fused-ring (bicyclic) bond motifs is 1. The zero-order chi connectivity index (χ0) is 18.5. The molecule has 0 atom stereocenters. The zero-order valence-electron chi connectivity index (χ0n) is 14.2. The topological polar surface area (TPSA) is 84.9 Å². The lowest BCUT2D eigenvalue weighted by molar-refractivity contribution is -0.121. The summed E-state index contributed by atoms with van der Waals surface area (Å²) in [6, 6.07) is 13.7. The molecule has 0 unspecified atom stereocenters. The third-order valence-corrected chi connectivity index (χ3v) is 3.94. The van der Waals surface area contributed by atoms with Gasteiger partial charge < -0.3 is 19.7 Å². The fourth-order valence-electron chi connectivity index (χ4n) is 2.68. The van der Waals surface area contributed by atoms with Crippen LogP contribution in [0.3, 0.4) is 0 Å². The smallest absolute Gasteiger partial charge is 0.337 e. The summed E-state index contributed by atoms with van der Waals surface area (Å²) in [5.41, 5.74) is 1.50. The maximum Gasteiger partial charge on any atom is 0.337 e. The normalized spacial score (nSPS) is 12.8. The lowest BCUT2D eigenvalue weighted by Gasteiger charge is -2.29. The molecular weight excluding hydrogens is 336 g/mol. The van der Waals surface area contributed by atoms with Crippen molar-refractivity contribution in [3.63, 3.8) is 0 Å². The van der Waals surface area contributed by atoms with Crippen LogP contribution in [-0.2, 0) is 14.3 Å². The van der Waals surface area contributed by atoms with Crippen LogP contribution in [0.4, 0.5) is 11.4 Å². The molecule has 0 bridgehead atoms. The van der Waals surface area contributed by atoms with Crippen molar-refractivity contribution in [3.05, 3.63) is 54.1 Å². The summed E-state index contributed by atoms with van der Waals surface area (Å²) in [6.07, 6.45) is 0.114. The molecule has 2 aromatic rings. The Morgan fingerprint density at radius 3 is 2.81 bits per heavy atom. The van der Waals surface area contributed by atoms with Crippen LogP contribution in [0.5, 0.6) is 5.75 Å². The van der Waals surface area contributed by atoms with Crippen LogP contribution in [0.2, 0.25) is 0 Å². The Balaban J connectivity index is 1.63. The van der Waals surface area contributed by atoms with Crippen molar-refractivity contribution < 1.29 is 23.9 Å². The molecule has 134 valence electrons. The molecule has 2 amide bonds. The Morgan fingerprint density at radius 1 is 1.19 bits per heavy atom. The van der Waals surface area contributed by atoms with E-state index in [9.17, 15) is 14.4 Å². The van der Waals surface area contributed by atoms with E-state index in [1.165, 1.54) is 7.11 Å². The van der Waals surface area contributed by atoms with Gasteiger partial charge in [-0.25, -0.2) is 4.79 Å². The predicted molar refractivity (Wildman–Crippen MR) is 95.3 cm³/mol. The van der Waals surface area contributed by atoms with Crippen molar-refractivity contribution in [2.24, 2.45) is 0 Å². The van der Waals surface area contributed by atoms with Crippen LogP contribution < -0.4 is 15.0 Å². The van der Waals surface area contributed by atoms with Gasteiger partial charge in [0.15, 0.2) is 6.61 Å². The van der Waals surface area contributed by atoms with Gasteiger partial charge in [-0.3, -0.25) is 9.59 Å². The maximum absolute atomic E-state index is 12.2. The summed E-state index contributed by atoms with van der Waals surface area (Å²) in [7, 11) is 1.30. The molecule has 1 heterocycles. The van der Waals surface area contributed by atoms with E-state index in [2.05, 4.69) is 10.1 Å². The number of rotatable bonds is 5. The second-order valence-corrected chi connectivity index (χ2v) is 5.67. The first kappa shape index (κ1) is 17.5. The van der Waals surface area contributed by atoms with E-state index in [1.807, 2.05) is 12.1 Å². The number of benzene rings is 2. The van der Waals surface area contributed by atoms with Crippen LogP contribution in [-0.4, -0.2) is 38.0 Å². The summed E-state index contributed by atoms with van der Waals surface area (Å²) >= 11 is 0. The molecule has 0 aliphatic carbocycles. The zero-order valence-corrected chi connectivity index (χ0v) is 14.2. The number of hydrogen-bond acceptors (Lipinski definition) is 5. The van der Waals surface area contributed by atoms with Gasteiger partial charge in [0.05, 0.1) is 18.4 Å². The van der Waals surface area contributed by atoms with E-state index in [-0.39, 0.29) is 31.4 Å². The fraction of sp³-hybridized carbons (Fsp3) is 0.211. The van der Waals surface area contributed by atoms with E-state index >= 15 is 0 Å². The SMILES string of the molecule is COC(=O)c1cccc(NC(=O)CCN2C(=O)COc3ccccc32)c1. The molecule has 7 nitrogen and oxygen atoms in total. The summed E-state index contributed by atoms with van der Waals surface area (Å²) < 4.78 is 10.0. The van der Waals surface area contributed by atoms with Crippen molar-refractivity contribution in [2.75, 3.05) is 30.5 Å². The maximum atomic E-state index is 12.2. The minimum atomic E-state index is -0.475. The highest BCUT2D eigenvalue weighted by Gasteiger charge is 2.25. The predicted octanol–water partition coefficient (Wildman–Crippen LogP) is 2.23. The van der Waals surface area contributed by atoms with Gasteiger partial charge >= 0.3 is 5.97 Å². The number of carbonyl (C=O) groups is 3. The molecule has 2 aromatic carbocycles. The number of nitrogens with zero attached hydrogens (tertiary/aromatic N) is 1. The molecule has 1 N–H and O–H groups in total. The Hall–Kier alpha value is -3.35. The summed E-state index contributed by atoms with van der Waals surface area (Å²) in [4.78, 5) is 37.4. The van der Waals surface area contributed by atoms with E-state index in [4.69, 9.17) is 4.74 Å². The Bertz CT molecular complexity index is 849. The van der Waals surface area contributed by atoms with E-state index in [0.717, 1.165) is 0 Å². The second kappa shape index (κ2) is 7.69. The van der Waals surface area contributed by atoms with Crippen molar-refractivity contribution >= 4 is 29.2 Å². The second-order valence-electron chi connectivity index (χ2n) is 5.67. The molecule has 0 spiro atoms. The van der Waals surface area contributed by atoms with Crippen molar-refractivity contribution in [1.82, 2.24) is 0 Å². The first-order chi connectivity index (χ1) is 12.6.